The van der Waals surface area contributed by atoms with Crippen molar-refractivity contribution in [2.24, 2.45) is 5.84 Å². The fourth-order valence-electron chi connectivity index (χ4n) is 1.60. The monoisotopic (exact) mass is 320 g/mol. The van der Waals surface area contributed by atoms with Crippen molar-refractivity contribution in [1.29, 1.82) is 0 Å². The van der Waals surface area contributed by atoms with E-state index in [1.54, 1.807) is 12.1 Å². The quantitative estimate of drug-likeness (QED) is 0.395. The first-order valence-corrected chi connectivity index (χ1v) is 6.44. The van der Waals surface area contributed by atoms with E-state index in [1.165, 1.54) is 6.08 Å². The van der Waals surface area contributed by atoms with Gasteiger partial charge in [-0.15, -0.1) is 0 Å². The van der Waals surface area contributed by atoms with Gasteiger partial charge in [0, 0.05) is 16.1 Å². The zero-order chi connectivity index (χ0) is 13.8. The van der Waals surface area contributed by atoms with Crippen LogP contribution in [0.15, 0.2) is 45.3 Å². The highest BCUT2D eigenvalue weighted by Gasteiger charge is 2.05. The van der Waals surface area contributed by atoms with Gasteiger partial charge in [0.15, 0.2) is 0 Å². The lowest BCUT2D eigenvalue weighted by Crippen LogP contribution is -2.27. The zero-order valence-electron chi connectivity index (χ0n) is 10.3. The predicted molar refractivity (Wildman–Crippen MR) is 77.9 cm³/mol. The molecule has 1 aromatic carbocycles. The van der Waals surface area contributed by atoms with Gasteiger partial charge in [-0.2, -0.15) is 0 Å². The molecule has 19 heavy (non-hydrogen) atoms. The molecule has 0 radical (unpaired) electrons. The minimum absolute atomic E-state index is 0.377. The number of nitrogens with two attached hydrogens (primary N) is 1. The Bertz CT molecular complexity index is 632. The molecule has 0 bridgehead atoms. The van der Waals surface area contributed by atoms with Crippen molar-refractivity contribution in [2.75, 3.05) is 0 Å². The van der Waals surface area contributed by atoms with Gasteiger partial charge in [0.2, 0.25) is 0 Å². The molecular weight excluding hydrogens is 308 g/mol. The van der Waals surface area contributed by atoms with Gasteiger partial charge in [0.25, 0.3) is 5.91 Å². The summed E-state index contributed by atoms with van der Waals surface area (Å²) in [6.07, 6.45) is 2.88. The van der Waals surface area contributed by atoms with Crippen LogP contribution in [0.25, 0.3) is 17.4 Å². The molecule has 0 saturated carbocycles. The number of benzene rings is 1. The summed E-state index contributed by atoms with van der Waals surface area (Å²) in [6.45, 7) is 2.02. The Balaban J connectivity index is 2.23. The van der Waals surface area contributed by atoms with Gasteiger partial charge in [-0.1, -0.05) is 22.0 Å². The van der Waals surface area contributed by atoms with E-state index < -0.39 is 0 Å². The van der Waals surface area contributed by atoms with Crippen LogP contribution in [-0.4, -0.2) is 5.91 Å². The van der Waals surface area contributed by atoms with Crippen LogP contribution in [0.3, 0.4) is 0 Å². The Kier molecular flexibility index (Phi) is 4.19. The summed E-state index contributed by atoms with van der Waals surface area (Å²) < 4.78 is 6.69. The van der Waals surface area contributed by atoms with Gasteiger partial charge in [-0.05, 0) is 42.8 Å². The molecule has 2 rings (SSSR count). The van der Waals surface area contributed by atoms with Crippen LogP contribution >= 0.6 is 15.9 Å². The fraction of sp³-hybridized carbons (Fsp3) is 0.0714. The number of aryl methyl sites for hydroxylation is 1. The van der Waals surface area contributed by atoms with Crippen molar-refractivity contribution in [1.82, 2.24) is 5.43 Å². The third-order valence-corrected chi connectivity index (χ3v) is 3.50. The lowest BCUT2D eigenvalue weighted by molar-refractivity contribution is -0.116. The standard InChI is InChI=1S/C14H13BrN2O2/c1-9-8-10(2-5-12(9)15)13-6-3-11(19-13)4-7-14(18)17-16/h2-8H,16H2,1H3,(H,17,18)/b7-4+. The first kappa shape index (κ1) is 13.6. The number of nitrogens with one attached hydrogen (secondary N) is 1. The first-order valence-electron chi connectivity index (χ1n) is 5.65. The summed E-state index contributed by atoms with van der Waals surface area (Å²) in [4.78, 5) is 11.0. The Morgan fingerprint density at radius 2 is 2.16 bits per heavy atom. The highest BCUT2D eigenvalue weighted by atomic mass is 79.9. The second-order valence-electron chi connectivity index (χ2n) is 4.01. The molecule has 3 N–H and O–H groups in total. The molecule has 2 aromatic rings. The van der Waals surface area contributed by atoms with Crippen molar-refractivity contribution in [3.8, 4) is 11.3 Å². The van der Waals surface area contributed by atoms with Crippen LogP contribution in [0.1, 0.15) is 11.3 Å². The van der Waals surface area contributed by atoms with Crippen molar-refractivity contribution in [3.63, 3.8) is 0 Å². The maximum absolute atomic E-state index is 11.0. The second-order valence-corrected chi connectivity index (χ2v) is 4.86. The largest absolute Gasteiger partial charge is 0.457 e. The van der Waals surface area contributed by atoms with E-state index in [4.69, 9.17) is 10.3 Å². The average Bonchev–Trinajstić information content (AvgIpc) is 2.88. The third kappa shape index (κ3) is 3.33. The van der Waals surface area contributed by atoms with E-state index in [1.807, 2.05) is 36.6 Å². The number of hydrogen-bond acceptors (Lipinski definition) is 3. The van der Waals surface area contributed by atoms with Gasteiger partial charge in [0.1, 0.15) is 11.5 Å². The van der Waals surface area contributed by atoms with Crippen LogP contribution < -0.4 is 11.3 Å². The van der Waals surface area contributed by atoms with Crippen molar-refractivity contribution >= 4 is 27.9 Å². The topological polar surface area (TPSA) is 68.3 Å². The fourth-order valence-corrected chi connectivity index (χ4v) is 1.85. The minimum atomic E-state index is -0.377. The number of hydrazine groups is 1. The summed E-state index contributed by atoms with van der Waals surface area (Å²) in [7, 11) is 0. The molecular formula is C14H13BrN2O2. The molecule has 0 atom stereocenters. The molecule has 0 unspecified atom stereocenters. The summed E-state index contributed by atoms with van der Waals surface area (Å²) >= 11 is 3.46. The van der Waals surface area contributed by atoms with E-state index in [2.05, 4.69) is 15.9 Å². The van der Waals surface area contributed by atoms with Crippen molar-refractivity contribution in [3.05, 3.63) is 52.2 Å². The smallest absolute Gasteiger partial charge is 0.258 e. The summed E-state index contributed by atoms with van der Waals surface area (Å²) in [5.74, 6) is 5.95. The van der Waals surface area contributed by atoms with E-state index in [0.29, 0.717) is 5.76 Å². The molecule has 1 heterocycles. The van der Waals surface area contributed by atoms with Crippen molar-refractivity contribution in [2.45, 2.75) is 6.92 Å². The van der Waals surface area contributed by atoms with Crippen LogP contribution in [-0.2, 0) is 4.79 Å². The number of rotatable bonds is 3. The van der Waals surface area contributed by atoms with Gasteiger partial charge >= 0.3 is 0 Å². The maximum atomic E-state index is 11.0. The van der Waals surface area contributed by atoms with Gasteiger partial charge in [0.05, 0.1) is 0 Å². The molecule has 0 fully saturated rings. The Morgan fingerprint density at radius 3 is 2.84 bits per heavy atom. The third-order valence-electron chi connectivity index (χ3n) is 2.61. The van der Waals surface area contributed by atoms with Crippen molar-refractivity contribution < 1.29 is 9.21 Å². The predicted octanol–water partition coefficient (Wildman–Crippen LogP) is 3.02. The number of amides is 1. The summed E-state index contributed by atoms with van der Waals surface area (Å²) in [5, 5.41) is 0. The lowest BCUT2D eigenvalue weighted by atomic mass is 10.1. The summed E-state index contributed by atoms with van der Waals surface area (Å²) in [6, 6.07) is 9.64. The Labute approximate surface area is 119 Å². The molecule has 1 aromatic heterocycles. The van der Waals surface area contributed by atoms with Gasteiger partial charge in [-0.3, -0.25) is 10.2 Å². The SMILES string of the molecule is Cc1cc(-c2ccc(/C=C/C(=O)NN)o2)ccc1Br. The lowest BCUT2D eigenvalue weighted by Gasteiger charge is -2.01. The highest BCUT2D eigenvalue weighted by molar-refractivity contribution is 9.10. The normalized spacial score (nSPS) is 10.9. The zero-order valence-corrected chi connectivity index (χ0v) is 11.9. The molecule has 0 aliphatic carbocycles. The van der Waals surface area contributed by atoms with E-state index in [9.17, 15) is 4.79 Å². The second kappa shape index (κ2) is 5.86. The maximum Gasteiger partial charge on any atom is 0.258 e. The Morgan fingerprint density at radius 1 is 1.37 bits per heavy atom. The number of carbonyl (C=O) groups is 1. The summed E-state index contributed by atoms with van der Waals surface area (Å²) in [5.41, 5.74) is 4.14. The molecule has 98 valence electrons. The number of furan rings is 1. The van der Waals surface area contributed by atoms with Crippen LogP contribution in [0.5, 0.6) is 0 Å². The number of halogens is 1. The van der Waals surface area contributed by atoms with Crippen LogP contribution in [0.2, 0.25) is 0 Å². The molecule has 0 aliphatic rings. The van der Waals surface area contributed by atoms with E-state index in [0.717, 1.165) is 21.4 Å². The van der Waals surface area contributed by atoms with Crippen LogP contribution in [0, 0.1) is 6.92 Å². The Hall–Kier alpha value is -1.85. The van der Waals surface area contributed by atoms with E-state index >= 15 is 0 Å². The highest BCUT2D eigenvalue weighted by Crippen LogP contribution is 2.26. The number of carbonyl (C=O) groups excluding carboxylic acids is 1. The molecule has 5 heteroatoms. The molecule has 4 nitrogen and oxygen atoms in total. The van der Waals surface area contributed by atoms with Crippen LogP contribution in [0.4, 0.5) is 0 Å². The molecule has 1 amide bonds. The van der Waals surface area contributed by atoms with E-state index in [-0.39, 0.29) is 5.91 Å². The average molecular weight is 321 g/mol. The van der Waals surface area contributed by atoms with Gasteiger partial charge in [-0.25, -0.2) is 5.84 Å². The minimum Gasteiger partial charge on any atom is -0.457 e. The van der Waals surface area contributed by atoms with Gasteiger partial charge < -0.3 is 4.42 Å². The molecule has 0 saturated heterocycles. The molecule has 0 aliphatic heterocycles. The number of hydrogen-bond donors (Lipinski definition) is 2. The first-order chi connectivity index (χ1) is 9.10. The molecule has 0 spiro atoms.